The second-order valence-electron chi connectivity index (χ2n) is 8.64. The molecule has 2 aliphatic rings. The van der Waals surface area contributed by atoms with Crippen molar-refractivity contribution in [1.29, 1.82) is 0 Å². The smallest absolute Gasteiger partial charge is 0.255 e. The molecule has 0 saturated carbocycles. The molecule has 0 radical (unpaired) electrons. The number of ether oxygens (including phenoxy) is 1. The first-order valence-corrected chi connectivity index (χ1v) is 11.5. The van der Waals surface area contributed by atoms with Gasteiger partial charge in [-0.15, -0.1) is 0 Å². The molecule has 1 N–H and O–H groups in total. The van der Waals surface area contributed by atoms with Crippen LogP contribution in [0.25, 0.3) is 10.9 Å². The number of carbonyl (C=O) groups excluding carboxylic acids is 2. The van der Waals surface area contributed by atoms with Crippen molar-refractivity contribution >= 4 is 34.1 Å². The Labute approximate surface area is 193 Å². The van der Waals surface area contributed by atoms with E-state index in [9.17, 15) is 9.59 Å². The van der Waals surface area contributed by atoms with E-state index in [-0.39, 0.29) is 18.4 Å². The number of nitrogens with zero attached hydrogens (tertiary/aromatic N) is 3. The fraction of sp³-hybridized carbons (Fsp3) is 0.346. The van der Waals surface area contributed by atoms with Crippen LogP contribution >= 0.6 is 0 Å². The summed E-state index contributed by atoms with van der Waals surface area (Å²) < 4.78 is 5.40. The molecular weight excluding hydrogens is 416 g/mol. The summed E-state index contributed by atoms with van der Waals surface area (Å²) >= 11 is 0. The molecule has 1 aliphatic heterocycles. The van der Waals surface area contributed by atoms with Gasteiger partial charge in [-0.25, -0.2) is 0 Å². The predicted molar refractivity (Wildman–Crippen MR) is 129 cm³/mol. The van der Waals surface area contributed by atoms with Crippen LogP contribution in [0.2, 0.25) is 0 Å². The number of likely N-dealkylation sites (N-methyl/N-ethyl adjacent to an activating group) is 1. The van der Waals surface area contributed by atoms with Crippen LogP contribution in [0.5, 0.6) is 0 Å². The molecular formula is C26H28N4O3. The number of amides is 2. The van der Waals surface area contributed by atoms with Gasteiger partial charge in [0.05, 0.1) is 30.8 Å². The number of aromatic nitrogens is 1. The van der Waals surface area contributed by atoms with E-state index in [1.807, 2.05) is 48.5 Å². The van der Waals surface area contributed by atoms with Crippen molar-refractivity contribution in [3.8, 4) is 0 Å². The average molecular weight is 445 g/mol. The van der Waals surface area contributed by atoms with Gasteiger partial charge >= 0.3 is 0 Å². The summed E-state index contributed by atoms with van der Waals surface area (Å²) in [5.41, 5.74) is 5.40. The maximum atomic E-state index is 13.4. The third kappa shape index (κ3) is 4.41. The minimum Gasteiger partial charge on any atom is -0.378 e. The third-order valence-electron chi connectivity index (χ3n) is 6.39. The number of hydrogen-bond acceptors (Lipinski definition) is 5. The van der Waals surface area contributed by atoms with Crippen molar-refractivity contribution in [1.82, 2.24) is 9.88 Å². The highest BCUT2D eigenvalue weighted by atomic mass is 16.5. The van der Waals surface area contributed by atoms with Crippen molar-refractivity contribution in [2.75, 3.05) is 50.1 Å². The number of anilines is 2. The van der Waals surface area contributed by atoms with E-state index in [1.54, 1.807) is 7.05 Å². The van der Waals surface area contributed by atoms with E-state index in [0.717, 1.165) is 73.4 Å². The van der Waals surface area contributed by atoms with Gasteiger partial charge in [-0.1, -0.05) is 18.2 Å². The summed E-state index contributed by atoms with van der Waals surface area (Å²) in [5, 5.41) is 3.77. The molecule has 0 unspecified atom stereocenters. The Bertz CT molecular complexity index is 1190. The van der Waals surface area contributed by atoms with Crippen LogP contribution in [0.3, 0.4) is 0 Å². The molecule has 5 rings (SSSR count). The van der Waals surface area contributed by atoms with Gasteiger partial charge in [-0.3, -0.25) is 14.6 Å². The zero-order chi connectivity index (χ0) is 22.8. The molecule has 1 fully saturated rings. The first-order chi connectivity index (χ1) is 16.1. The number of benzene rings is 2. The van der Waals surface area contributed by atoms with E-state index in [2.05, 4.69) is 10.2 Å². The van der Waals surface area contributed by atoms with Gasteiger partial charge in [-0.05, 0) is 55.2 Å². The monoisotopic (exact) mass is 444 g/mol. The van der Waals surface area contributed by atoms with Crippen molar-refractivity contribution in [3.05, 3.63) is 65.4 Å². The summed E-state index contributed by atoms with van der Waals surface area (Å²) in [4.78, 5) is 34.6. The number of nitrogens with one attached hydrogen (secondary N) is 1. The van der Waals surface area contributed by atoms with Crippen LogP contribution in [0.15, 0.2) is 48.5 Å². The van der Waals surface area contributed by atoms with E-state index in [1.165, 1.54) is 4.90 Å². The summed E-state index contributed by atoms with van der Waals surface area (Å²) in [6.07, 6.45) is 2.75. The molecule has 3 aromatic rings. The number of rotatable bonds is 5. The average Bonchev–Trinajstić information content (AvgIpc) is 3.31. The summed E-state index contributed by atoms with van der Waals surface area (Å²) in [5.74, 6) is -0.357. The number of para-hydroxylation sites is 1. The summed E-state index contributed by atoms with van der Waals surface area (Å²) in [6, 6.07) is 15.5. The maximum Gasteiger partial charge on any atom is 0.255 e. The highest BCUT2D eigenvalue weighted by molar-refractivity contribution is 6.09. The first kappa shape index (κ1) is 21.4. The van der Waals surface area contributed by atoms with Crippen molar-refractivity contribution in [2.45, 2.75) is 19.3 Å². The molecule has 33 heavy (non-hydrogen) atoms. The molecule has 7 nitrogen and oxygen atoms in total. The Balaban J connectivity index is 1.28. The van der Waals surface area contributed by atoms with Gasteiger partial charge in [0.1, 0.15) is 0 Å². The normalized spacial score (nSPS) is 15.4. The van der Waals surface area contributed by atoms with Crippen LogP contribution in [0.1, 0.15) is 28.0 Å². The van der Waals surface area contributed by atoms with Crippen molar-refractivity contribution in [2.24, 2.45) is 0 Å². The minimum atomic E-state index is -0.222. The van der Waals surface area contributed by atoms with Crippen LogP contribution in [0, 0.1) is 0 Å². The highest BCUT2D eigenvalue weighted by Gasteiger charge is 2.26. The first-order valence-electron chi connectivity index (χ1n) is 11.5. The fourth-order valence-electron chi connectivity index (χ4n) is 4.71. The Kier molecular flexibility index (Phi) is 5.96. The number of hydrogen-bond donors (Lipinski definition) is 1. The lowest BCUT2D eigenvalue weighted by Gasteiger charge is -2.28. The number of pyridine rings is 1. The van der Waals surface area contributed by atoms with Gasteiger partial charge in [0, 0.05) is 42.6 Å². The van der Waals surface area contributed by atoms with E-state index >= 15 is 0 Å². The zero-order valence-electron chi connectivity index (χ0n) is 18.8. The van der Waals surface area contributed by atoms with Crippen LogP contribution in [0.4, 0.5) is 11.4 Å². The molecule has 7 heteroatoms. The molecule has 2 heterocycles. The number of fused-ring (bicyclic) bond motifs is 2. The summed E-state index contributed by atoms with van der Waals surface area (Å²) in [6.45, 7) is 3.18. The van der Waals surface area contributed by atoms with E-state index in [0.29, 0.717) is 11.3 Å². The minimum absolute atomic E-state index is 0.0184. The lowest BCUT2D eigenvalue weighted by atomic mass is 10.00. The molecule has 0 atom stereocenters. The molecule has 1 aromatic heterocycles. The molecule has 2 amide bonds. The second kappa shape index (κ2) is 9.19. The lowest BCUT2D eigenvalue weighted by Crippen LogP contribution is -2.36. The zero-order valence-corrected chi connectivity index (χ0v) is 18.8. The number of morpholine rings is 1. The Hall–Kier alpha value is -3.45. The maximum absolute atomic E-state index is 13.4. The standard InChI is InChI=1S/C26H28N4O3/c1-29(17-24(31)27-18-9-11-19(12-10-18)30-13-15-33-16-14-30)26(32)25-20-5-2-3-7-22(20)28-23-8-4-6-21(23)25/h2-3,5,7,9-12H,4,6,8,13-17H2,1H3,(H,27,31). The second-order valence-corrected chi connectivity index (χ2v) is 8.64. The molecule has 0 bridgehead atoms. The van der Waals surface area contributed by atoms with Crippen LogP contribution in [-0.2, 0) is 22.4 Å². The van der Waals surface area contributed by atoms with Crippen molar-refractivity contribution < 1.29 is 14.3 Å². The van der Waals surface area contributed by atoms with Gasteiger partial charge in [0.15, 0.2) is 0 Å². The Morgan fingerprint density at radius 1 is 1.06 bits per heavy atom. The molecule has 1 saturated heterocycles. The van der Waals surface area contributed by atoms with Gasteiger partial charge in [-0.2, -0.15) is 0 Å². The number of carbonyl (C=O) groups is 2. The predicted octanol–water partition coefficient (Wildman–Crippen LogP) is 3.27. The fourth-order valence-corrected chi connectivity index (χ4v) is 4.71. The van der Waals surface area contributed by atoms with Crippen LogP contribution in [-0.4, -0.2) is 61.6 Å². The van der Waals surface area contributed by atoms with E-state index < -0.39 is 0 Å². The van der Waals surface area contributed by atoms with Crippen molar-refractivity contribution in [3.63, 3.8) is 0 Å². The van der Waals surface area contributed by atoms with Crippen LogP contribution < -0.4 is 10.2 Å². The quantitative estimate of drug-likeness (QED) is 0.654. The van der Waals surface area contributed by atoms with Gasteiger partial charge in [0.2, 0.25) is 5.91 Å². The molecule has 2 aromatic carbocycles. The third-order valence-corrected chi connectivity index (χ3v) is 6.39. The molecule has 0 spiro atoms. The highest BCUT2D eigenvalue weighted by Crippen LogP contribution is 2.30. The van der Waals surface area contributed by atoms with E-state index in [4.69, 9.17) is 9.72 Å². The van der Waals surface area contributed by atoms with Gasteiger partial charge in [0.25, 0.3) is 5.91 Å². The largest absolute Gasteiger partial charge is 0.378 e. The Morgan fingerprint density at radius 2 is 1.82 bits per heavy atom. The molecule has 170 valence electrons. The molecule has 1 aliphatic carbocycles. The van der Waals surface area contributed by atoms with Gasteiger partial charge < -0.3 is 19.9 Å². The summed E-state index contributed by atoms with van der Waals surface area (Å²) in [7, 11) is 1.68. The lowest BCUT2D eigenvalue weighted by molar-refractivity contribution is -0.116. The topological polar surface area (TPSA) is 74.8 Å². The number of aryl methyl sites for hydroxylation is 1. The Morgan fingerprint density at radius 3 is 2.61 bits per heavy atom. The SMILES string of the molecule is CN(CC(=O)Nc1ccc(N2CCOCC2)cc1)C(=O)c1c2c(nc3ccccc13)CCC2.